The molecule has 0 spiro atoms. The second kappa shape index (κ2) is 3.74. The van der Waals surface area contributed by atoms with E-state index in [1.165, 1.54) is 12.8 Å². The number of thiocarbonyl (C=S) groups is 1. The van der Waals surface area contributed by atoms with Crippen molar-refractivity contribution >= 4 is 29.2 Å². The fourth-order valence-corrected chi connectivity index (χ4v) is 1.87. The van der Waals surface area contributed by atoms with Gasteiger partial charge >= 0.3 is 0 Å². The first-order valence-corrected chi connectivity index (χ1v) is 4.74. The summed E-state index contributed by atoms with van der Waals surface area (Å²) >= 11 is 8.90. The molecule has 4 heteroatoms. The Morgan fingerprint density at radius 3 is 2.82 bits per heavy atom. The van der Waals surface area contributed by atoms with Crippen molar-refractivity contribution in [3.05, 3.63) is 0 Å². The van der Waals surface area contributed by atoms with Gasteiger partial charge in [0.1, 0.15) is 4.32 Å². The van der Waals surface area contributed by atoms with Crippen LogP contribution in [0.25, 0.3) is 0 Å². The Balaban J connectivity index is 2.43. The monoisotopic (exact) mass is 190 g/mol. The van der Waals surface area contributed by atoms with Crippen molar-refractivity contribution in [1.29, 1.82) is 0 Å². The number of piperidine rings is 1. The zero-order valence-electron chi connectivity index (χ0n) is 6.68. The Kier molecular flexibility index (Phi) is 3.16. The molecule has 0 aromatic carbocycles. The van der Waals surface area contributed by atoms with E-state index < -0.39 is 0 Å². The lowest BCUT2D eigenvalue weighted by atomic mass is 10.0. The summed E-state index contributed by atoms with van der Waals surface area (Å²) in [6, 6.07) is 0. The van der Waals surface area contributed by atoms with Crippen LogP contribution >= 0.6 is 24.8 Å². The van der Waals surface area contributed by atoms with Gasteiger partial charge in [-0.2, -0.15) is 0 Å². The summed E-state index contributed by atoms with van der Waals surface area (Å²) in [7, 11) is 0. The highest BCUT2D eigenvalue weighted by atomic mass is 32.1. The van der Waals surface area contributed by atoms with Gasteiger partial charge in [-0.05, 0) is 32.7 Å². The van der Waals surface area contributed by atoms with Crippen LogP contribution in [0, 0.1) is 0 Å². The molecule has 0 saturated carbocycles. The second-order valence-corrected chi connectivity index (χ2v) is 4.30. The molecule has 1 aliphatic heterocycles. The molecular formula is C7H14N2S2. The molecule has 0 aliphatic carbocycles. The molecule has 0 aromatic rings. The van der Waals surface area contributed by atoms with Gasteiger partial charge in [-0.3, -0.25) is 5.32 Å². The van der Waals surface area contributed by atoms with Crippen molar-refractivity contribution in [2.24, 2.45) is 0 Å². The summed E-state index contributed by atoms with van der Waals surface area (Å²) in [4.78, 5) is 0. The molecule has 1 atom stereocenters. The third-order valence-electron chi connectivity index (χ3n) is 2.00. The topological polar surface area (TPSA) is 24.1 Å². The van der Waals surface area contributed by atoms with E-state index in [1.807, 2.05) is 0 Å². The molecule has 1 aliphatic rings. The van der Waals surface area contributed by atoms with Crippen LogP contribution in [-0.2, 0) is 0 Å². The first-order valence-electron chi connectivity index (χ1n) is 3.88. The van der Waals surface area contributed by atoms with Crippen molar-refractivity contribution in [2.45, 2.75) is 31.8 Å². The van der Waals surface area contributed by atoms with Gasteiger partial charge in [0.15, 0.2) is 0 Å². The van der Waals surface area contributed by atoms with Crippen LogP contribution in [-0.4, -0.2) is 16.5 Å². The lowest BCUT2D eigenvalue weighted by Crippen LogP contribution is -2.57. The van der Waals surface area contributed by atoms with Crippen LogP contribution in [0.1, 0.15) is 26.2 Å². The van der Waals surface area contributed by atoms with Crippen LogP contribution in [0.5, 0.6) is 0 Å². The van der Waals surface area contributed by atoms with E-state index in [0.717, 1.165) is 13.0 Å². The Morgan fingerprint density at radius 2 is 2.36 bits per heavy atom. The van der Waals surface area contributed by atoms with Crippen molar-refractivity contribution < 1.29 is 0 Å². The molecular weight excluding hydrogens is 176 g/mol. The van der Waals surface area contributed by atoms with Gasteiger partial charge in [0.25, 0.3) is 0 Å². The van der Waals surface area contributed by atoms with Crippen LogP contribution in [0.3, 0.4) is 0 Å². The number of hydrogen-bond donors (Lipinski definition) is 3. The quantitative estimate of drug-likeness (QED) is 0.429. The maximum absolute atomic E-state index is 4.86. The fourth-order valence-electron chi connectivity index (χ4n) is 1.40. The minimum atomic E-state index is -0.0168. The van der Waals surface area contributed by atoms with E-state index in [9.17, 15) is 0 Å². The summed E-state index contributed by atoms with van der Waals surface area (Å²) in [5.74, 6) is 0. The minimum Gasteiger partial charge on any atom is -0.354 e. The summed E-state index contributed by atoms with van der Waals surface area (Å²) in [5.41, 5.74) is -0.0168. The molecule has 0 radical (unpaired) electrons. The summed E-state index contributed by atoms with van der Waals surface area (Å²) in [6.07, 6.45) is 3.64. The van der Waals surface area contributed by atoms with Crippen LogP contribution in [0.2, 0.25) is 0 Å². The van der Waals surface area contributed by atoms with Gasteiger partial charge in [0.05, 0.1) is 5.66 Å². The molecule has 0 bridgehead atoms. The van der Waals surface area contributed by atoms with Crippen molar-refractivity contribution in [1.82, 2.24) is 10.6 Å². The molecule has 1 fully saturated rings. The number of hydrogen-bond acceptors (Lipinski definition) is 2. The summed E-state index contributed by atoms with van der Waals surface area (Å²) in [6.45, 7) is 3.19. The zero-order valence-corrected chi connectivity index (χ0v) is 8.39. The lowest BCUT2D eigenvalue weighted by molar-refractivity contribution is 0.259. The molecule has 1 heterocycles. The van der Waals surface area contributed by atoms with E-state index in [4.69, 9.17) is 12.2 Å². The highest BCUT2D eigenvalue weighted by Gasteiger charge is 2.25. The Labute approximate surface area is 78.5 Å². The van der Waals surface area contributed by atoms with Crippen molar-refractivity contribution in [2.75, 3.05) is 6.54 Å². The predicted octanol–water partition coefficient (Wildman–Crippen LogP) is 1.28. The number of thiol groups is 1. The van der Waals surface area contributed by atoms with Gasteiger partial charge in [-0.15, -0.1) is 12.6 Å². The predicted molar refractivity (Wildman–Crippen MR) is 55.0 cm³/mol. The average Bonchev–Trinajstić information content (AvgIpc) is 1.85. The van der Waals surface area contributed by atoms with Gasteiger partial charge in [0, 0.05) is 0 Å². The summed E-state index contributed by atoms with van der Waals surface area (Å²) < 4.78 is 0.571. The van der Waals surface area contributed by atoms with E-state index in [1.54, 1.807) is 0 Å². The molecule has 2 N–H and O–H groups in total. The van der Waals surface area contributed by atoms with E-state index in [-0.39, 0.29) is 5.66 Å². The molecule has 1 saturated heterocycles. The van der Waals surface area contributed by atoms with E-state index in [0.29, 0.717) is 4.32 Å². The summed E-state index contributed by atoms with van der Waals surface area (Å²) in [5, 5.41) is 6.52. The minimum absolute atomic E-state index is 0.0168. The Hall–Kier alpha value is 0.200. The van der Waals surface area contributed by atoms with Crippen molar-refractivity contribution in [3.8, 4) is 0 Å². The lowest BCUT2D eigenvalue weighted by Gasteiger charge is -2.35. The standard InChI is InChI=1S/C7H14N2S2/c1-7(9-6(10)11)4-2-3-5-8-7/h8H,2-5H2,1H3,(H2,9,10,11). The van der Waals surface area contributed by atoms with Gasteiger partial charge in [0.2, 0.25) is 0 Å². The Bertz CT molecular complexity index is 153. The third kappa shape index (κ3) is 2.97. The van der Waals surface area contributed by atoms with Gasteiger partial charge in [-0.25, -0.2) is 0 Å². The highest BCUT2D eigenvalue weighted by Crippen LogP contribution is 2.15. The maximum Gasteiger partial charge on any atom is 0.132 e. The Morgan fingerprint density at radius 1 is 1.64 bits per heavy atom. The SMILES string of the molecule is CC1(NC(=S)S)CCCCN1. The first-order chi connectivity index (χ1) is 5.12. The number of nitrogens with one attached hydrogen (secondary N) is 2. The normalized spacial score (nSPS) is 31.5. The molecule has 1 rings (SSSR count). The van der Waals surface area contributed by atoms with Crippen LogP contribution in [0.15, 0.2) is 0 Å². The molecule has 11 heavy (non-hydrogen) atoms. The molecule has 0 aromatic heterocycles. The average molecular weight is 190 g/mol. The maximum atomic E-state index is 4.86. The van der Waals surface area contributed by atoms with E-state index >= 15 is 0 Å². The smallest absolute Gasteiger partial charge is 0.132 e. The fraction of sp³-hybridized carbons (Fsp3) is 0.857. The van der Waals surface area contributed by atoms with Gasteiger partial charge in [-0.1, -0.05) is 12.2 Å². The molecule has 64 valence electrons. The van der Waals surface area contributed by atoms with Crippen LogP contribution < -0.4 is 10.6 Å². The molecule has 2 nitrogen and oxygen atoms in total. The third-order valence-corrected chi connectivity index (χ3v) is 2.22. The van der Waals surface area contributed by atoms with Gasteiger partial charge < -0.3 is 5.32 Å². The molecule has 0 amide bonds. The number of rotatable bonds is 1. The van der Waals surface area contributed by atoms with E-state index in [2.05, 4.69) is 30.2 Å². The van der Waals surface area contributed by atoms with Crippen LogP contribution in [0.4, 0.5) is 0 Å². The molecule has 1 unspecified atom stereocenters. The highest BCUT2D eigenvalue weighted by molar-refractivity contribution is 8.11. The first kappa shape index (κ1) is 9.29. The zero-order chi connectivity index (χ0) is 8.32. The largest absolute Gasteiger partial charge is 0.354 e. The van der Waals surface area contributed by atoms with Crippen molar-refractivity contribution in [3.63, 3.8) is 0 Å². The second-order valence-electron chi connectivity index (χ2n) is 3.15.